The highest BCUT2D eigenvalue weighted by Gasteiger charge is 2.12. The van der Waals surface area contributed by atoms with E-state index in [0.29, 0.717) is 21.9 Å². The molecule has 29 heavy (non-hydrogen) atoms. The minimum atomic E-state index is -3.78. The van der Waals surface area contributed by atoms with Crippen molar-refractivity contribution in [2.75, 3.05) is 0 Å². The number of hydrogen-bond donors (Lipinski definition) is 1. The molecule has 0 aliphatic heterocycles. The highest BCUT2D eigenvalue weighted by Crippen LogP contribution is 2.16. The summed E-state index contributed by atoms with van der Waals surface area (Å²) in [4.78, 5) is 14.3. The first-order valence-corrected chi connectivity index (χ1v) is 10.9. The third-order valence-corrected chi connectivity index (χ3v) is 5.70. The first-order chi connectivity index (χ1) is 13.8. The fraction of sp³-hybridized carbons (Fsp3) is 0. The molecule has 0 saturated heterocycles. The Kier molecular flexibility index (Phi) is 6.68. The second kappa shape index (κ2) is 9.21. The SMILES string of the molecule is O=C(Oc1ccc(/C=N/NS(=O)(=O)c2ccc(Cl)cc2)cc1)c1ccc(Br)cc1. The average Bonchev–Trinajstić information content (AvgIpc) is 2.70. The lowest BCUT2D eigenvalue weighted by molar-refractivity contribution is 0.0734. The van der Waals surface area contributed by atoms with Gasteiger partial charge in [-0.05, 0) is 78.4 Å². The van der Waals surface area contributed by atoms with E-state index in [4.69, 9.17) is 16.3 Å². The molecular formula is C20H14BrClN2O4S. The molecule has 0 fully saturated rings. The van der Waals surface area contributed by atoms with Gasteiger partial charge >= 0.3 is 5.97 Å². The van der Waals surface area contributed by atoms with E-state index >= 15 is 0 Å². The molecule has 0 unspecified atom stereocenters. The molecule has 3 aromatic carbocycles. The van der Waals surface area contributed by atoms with Crippen LogP contribution >= 0.6 is 27.5 Å². The van der Waals surface area contributed by atoms with Crippen molar-refractivity contribution in [2.45, 2.75) is 4.90 Å². The fourth-order valence-corrected chi connectivity index (χ4v) is 3.39. The van der Waals surface area contributed by atoms with Crippen molar-refractivity contribution in [3.05, 3.63) is 93.4 Å². The molecule has 148 valence electrons. The van der Waals surface area contributed by atoms with Crippen LogP contribution in [0.5, 0.6) is 5.75 Å². The minimum Gasteiger partial charge on any atom is -0.423 e. The zero-order chi connectivity index (χ0) is 20.9. The normalized spacial score (nSPS) is 11.4. The highest BCUT2D eigenvalue weighted by molar-refractivity contribution is 9.10. The first-order valence-electron chi connectivity index (χ1n) is 8.22. The van der Waals surface area contributed by atoms with E-state index in [9.17, 15) is 13.2 Å². The quantitative estimate of drug-likeness (QED) is 0.235. The van der Waals surface area contributed by atoms with Gasteiger partial charge in [-0.15, -0.1) is 0 Å². The lowest BCUT2D eigenvalue weighted by atomic mass is 10.2. The van der Waals surface area contributed by atoms with Crippen LogP contribution in [0.2, 0.25) is 5.02 Å². The van der Waals surface area contributed by atoms with Crippen LogP contribution in [0.3, 0.4) is 0 Å². The van der Waals surface area contributed by atoms with Crippen molar-refractivity contribution in [1.29, 1.82) is 0 Å². The third kappa shape index (κ3) is 5.90. The van der Waals surface area contributed by atoms with Crippen molar-refractivity contribution < 1.29 is 17.9 Å². The van der Waals surface area contributed by atoms with Crippen LogP contribution in [0.25, 0.3) is 0 Å². The summed E-state index contributed by atoms with van der Waals surface area (Å²) in [5, 5.41) is 4.19. The van der Waals surface area contributed by atoms with Gasteiger partial charge in [-0.3, -0.25) is 0 Å². The third-order valence-electron chi connectivity index (χ3n) is 3.68. The molecule has 0 aliphatic rings. The molecule has 0 atom stereocenters. The summed E-state index contributed by atoms with van der Waals surface area (Å²) in [5.74, 6) is -0.119. The number of ether oxygens (including phenoxy) is 1. The van der Waals surface area contributed by atoms with Gasteiger partial charge < -0.3 is 4.74 Å². The number of carbonyl (C=O) groups is 1. The molecule has 0 bridgehead atoms. The number of halogens is 2. The Morgan fingerprint density at radius 3 is 2.21 bits per heavy atom. The van der Waals surface area contributed by atoms with E-state index in [1.807, 2.05) is 0 Å². The molecule has 6 nitrogen and oxygen atoms in total. The Labute approximate surface area is 181 Å². The molecule has 0 aromatic heterocycles. The molecule has 0 amide bonds. The molecule has 3 aromatic rings. The summed E-state index contributed by atoms with van der Waals surface area (Å²) in [5.41, 5.74) is 1.04. The van der Waals surface area contributed by atoms with Gasteiger partial charge in [0.15, 0.2) is 0 Å². The summed E-state index contributed by atoms with van der Waals surface area (Å²) in [6, 6.07) is 19.0. The zero-order valence-electron chi connectivity index (χ0n) is 14.7. The minimum absolute atomic E-state index is 0.0502. The van der Waals surface area contributed by atoms with Gasteiger partial charge in [-0.2, -0.15) is 13.5 Å². The van der Waals surface area contributed by atoms with Crippen LogP contribution in [0.1, 0.15) is 15.9 Å². The molecular weight excluding hydrogens is 480 g/mol. The second-order valence-corrected chi connectivity index (χ2v) is 8.79. The standard InChI is InChI=1S/C20H14BrClN2O4S/c21-16-5-3-15(4-6-16)20(25)28-18-9-1-14(2-10-18)13-23-24-29(26,27)19-11-7-17(22)8-12-19/h1-13,24H/b23-13+. The van der Waals surface area contributed by atoms with Gasteiger partial charge in [0.1, 0.15) is 5.75 Å². The predicted molar refractivity (Wildman–Crippen MR) is 115 cm³/mol. The lowest BCUT2D eigenvalue weighted by Crippen LogP contribution is -2.18. The number of carbonyl (C=O) groups excluding carboxylic acids is 1. The van der Waals surface area contributed by atoms with E-state index in [0.717, 1.165) is 4.47 Å². The Morgan fingerprint density at radius 2 is 1.59 bits per heavy atom. The molecule has 0 spiro atoms. The number of sulfonamides is 1. The van der Waals surface area contributed by atoms with Crippen LogP contribution in [0, 0.1) is 0 Å². The zero-order valence-corrected chi connectivity index (χ0v) is 17.9. The van der Waals surface area contributed by atoms with Crippen LogP contribution in [0.4, 0.5) is 0 Å². The maximum absolute atomic E-state index is 12.1. The van der Waals surface area contributed by atoms with E-state index in [1.54, 1.807) is 48.5 Å². The molecule has 0 radical (unpaired) electrons. The monoisotopic (exact) mass is 492 g/mol. The Hall–Kier alpha value is -2.68. The highest BCUT2D eigenvalue weighted by atomic mass is 79.9. The van der Waals surface area contributed by atoms with Crippen LogP contribution in [-0.2, 0) is 10.0 Å². The smallest absolute Gasteiger partial charge is 0.343 e. The number of hydrazone groups is 1. The predicted octanol–water partition coefficient (Wildman–Crippen LogP) is 4.63. The number of hydrogen-bond acceptors (Lipinski definition) is 5. The molecule has 3 rings (SSSR count). The number of rotatable bonds is 6. The van der Waals surface area contributed by atoms with E-state index < -0.39 is 16.0 Å². The molecule has 1 N–H and O–H groups in total. The number of esters is 1. The Bertz CT molecular complexity index is 1130. The maximum Gasteiger partial charge on any atom is 0.343 e. The van der Waals surface area contributed by atoms with Gasteiger partial charge in [0.05, 0.1) is 16.7 Å². The molecule has 9 heteroatoms. The number of nitrogens with one attached hydrogen (secondary N) is 1. The van der Waals surface area contributed by atoms with Gasteiger partial charge in [-0.1, -0.05) is 27.5 Å². The number of benzene rings is 3. The van der Waals surface area contributed by atoms with Crippen LogP contribution in [-0.4, -0.2) is 20.6 Å². The van der Waals surface area contributed by atoms with E-state index in [1.165, 1.54) is 30.5 Å². The summed E-state index contributed by atoms with van der Waals surface area (Å²) < 4.78 is 30.4. The maximum atomic E-state index is 12.1. The second-order valence-electron chi connectivity index (χ2n) is 5.77. The van der Waals surface area contributed by atoms with E-state index in [2.05, 4.69) is 25.9 Å². The van der Waals surface area contributed by atoms with Crippen LogP contribution < -0.4 is 9.57 Å². The summed E-state index contributed by atoms with van der Waals surface area (Å²) in [7, 11) is -3.78. The van der Waals surface area contributed by atoms with Gasteiger partial charge in [-0.25, -0.2) is 9.63 Å². The van der Waals surface area contributed by atoms with Gasteiger partial charge in [0, 0.05) is 9.50 Å². The fourth-order valence-electron chi connectivity index (χ4n) is 2.21. The van der Waals surface area contributed by atoms with Gasteiger partial charge in [0.2, 0.25) is 0 Å². The Balaban J connectivity index is 1.60. The van der Waals surface area contributed by atoms with Crippen molar-refractivity contribution in [3.8, 4) is 5.75 Å². The largest absolute Gasteiger partial charge is 0.423 e. The van der Waals surface area contributed by atoms with Gasteiger partial charge in [0.25, 0.3) is 10.0 Å². The first kappa shape index (κ1) is 21.0. The topological polar surface area (TPSA) is 84.8 Å². The summed E-state index contributed by atoms with van der Waals surface area (Å²) in [6.45, 7) is 0. The summed E-state index contributed by atoms with van der Waals surface area (Å²) >= 11 is 9.06. The lowest BCUT2D eigenvalue weighted by Gasteiger charge is -2.05. The van der Waals surface area contributed by atoms with Crippen molar-refractivity contribution in [2.24, 2.45) is 5.10 Å². The summed E-state index contributed by atoms with van der Waals surface area (Å²) in [6.07, 6.45) is 1.34. The Morgan fingerprint density at radius 1 is 0.966 bits per heavy atom. The van der Waals surface area contributed by atoms with E-state index in [-0.39, 0.29) is 4.90 Å². The average molecular weight is 494 g/mol. The van der Waals surface area contributed by atoms with Crippen molar-refractivity contribution in [3.63, 3.8) is 0 Å². The molecule has 0 aliphatic carbocycles. The molecule has 0 heterocycles. The van der Waals surface area contributed by atoms with Crippen molar-refractivity contribution in [1.82, 2.24) is 4.83 Å². The van der Waals surface area contributed by atoms with Crippen molar-refractivity contribution >= 4 is 49.7 Å². The number of nitrogens with zero attached hydrogens (tertiary/aromatic N) is 1. The molecule has 0 saturated carbocycles. The van der Waals surface area contributed by atoms with Crippen LogP contribution in [0.15, 0.2) is 87.3 Å².